The molecule has 8 nitrogen and oxygen atoms in total. The molecule has 2 aromatic rings. The first-order chi connectivity index (χ1) is 14.7. The molecule has 0 unspecified atom stereocenters. The Bertz CT molecular complexity index is 1090. The third kappa shape index (κ3) is 4.96. The number of carbonyl (C=O) groups is 3. The highest BCUT2D eigenvalue weighted by Gasteiger charge is 2.34. The molecular weight excluding hydrogens is 467 g/mol. The maximum Gasteiger partial charge on any atom is 0.270 e. The summed E-state index contributed by atoms with van der Waals surface area (Å²) in [6, 6.07) is 9.28. The van der Waals surface area contributed by atoms with Crippen LogP contribution in [0.4, 0.5) is 5.69 Å². The largest absolute Gasteiger partial charge is 0.546 e. The second-order valence-electron chi connectivity index (χ2n) is 6.13. The quantitative estimate of drug-likeness (QED) is 0.383. The fourth-order valence-electron chi connectivity index (χ4n) is 2.72. The Labute approximate surface area is 191 Å². The van der Waals surface area contributed by atoms with E-state index in [2.05, 4.69) is 5.32 Å². The van der Waals surface area contributed by atoms with E-state index in [1.165, 1.54) is 30.2 Å². The molecule has 0 atom stereocenters. The van der Waals surface area contributed by atoms with Gasteiger partial charge in [-0.1, -0.05) is 23.2 Å². The number of nitrogens with zero attached hydrogens (tertiary/aromatic N) is 1. The Hall–Kier alpha value is -3.14. The van der Waals surface area contributed by atoms with Gasteiger partial charge in [-0.2, -0.15) is 0 Å². The van der Waals surface area contributed by atoms with Crippen molar-refractivity contribution in [2.45, 2.75) is 0 Å². The highest BCUT2D eigenvalue weighted by atomic mass is 35.5. The Morgan fingerprint density at radius 1 is 1.19 bits per heavy atom. The van der Waals surface area contributed by atoms with E-state index in [1.54, 1.807) is 24.3 Å². The maximum absolute atomic E-state index is 13.0. The number of thiocarbonyl (C=S) groups is 1. The molecule has 0 radical (unpaired) electrons. The van der Waals surface area contributed by atoms with E-state index in [0.717, 1.165) is 0 Å². The molecule has 0 bridgehead atoms. The van der Waals surface area contributed by atoms with Crippen LogP contribution in [0.25, 0.3) is 6.08 Å². The molecule has 31 heavy (non-hydrogen) atoms. The fraction of sp³-hybridized carbons (Fsp3) is 0.100. The average Bonchev–Trinajstić information content (AvgIpc) is 2.70. The summed E-state index contributed by atoms with van der Waals surface area (Å²) < 4.78 is 10.1. The summed E-state index contributed by atoms with van der Waals surface area (Å²) in [5, 5.41) is 13.0. The summed E-state index contributed by atoms with van der Waals surface area (Å²) in [7, 11) is 1.51. The number of hydrogen-bond donors (Lipinski definition) is 1. The second kappa shape index (κ2) is 9.34. The van der Waals surface area contributed by atoms with Crippen molar-refractivity contribution in [3.8, 4) is 11.5 Å². The topological polar surface area (TPSA) is 108 Å². The van der Waals surface area contributed by atoms with Crippen molar-refractivity contribution in [1.82, 2.24) is 5.32 Å². The number of methoxy groups -OCH3 is 1. The molecule has 1 saturated heterocycles. The standard InChI is InChI=1S/C20H14Cl2N2O6S/c1-29-12-4-2-11(3-5-12)24-19(28)13(18(27)23-20(24)31)6-10-7-14(21)17(15(22)8-10)30-9-16(25)26/h2-8H,9H2,1H3,(H,25,26)(H,23,27,31)/p-1/b13-6-. The number of hydrogen-bond acceptors (Lipinski definition) is 7. The molecule has 0 spiro atoms. The number of nitrogens with one attached hydrogen (secondary N) is 1. The first-order valence-corrected chi connectivity index (χ1v) is 9.75. The smallest absolute Gasteiger partial charge is 0.270 e. The van der Waals surface area contributed by atoms with Crippen LogP contribution in [0.15, 0.2) is 42.0 Å². The third-order valence-corrected chi connectivity index (χ3v) is 4.94. The van der Waals surface area contributed by atoms with Crippen molar-refractivity contribution in [2.24, 2.45) is 0 Å². The summed E-state index contributed by atoms with van der Waals surface area (Å²) in [5.74, 6) is -2.26. The molecule has 1 aliphatic rings. The van der Waals surface area contributed by atoms with E-state index in [-0.39, 0.29) is 26.5 Å². The van der Waals surface area contributed by atoms with Crippen LogP contribution in [0.3, 0.4) is 0 Å². The highest BCUT2D eigenvalue weighted by Crippen LogP contribution is 2.35. The van der Waals surface area contributed by atoms with Gasteiger partial charge in [0.05, 0.1) is 28.8 Å². The van der Waals surface area contributed by atoms with Gasteiger partial charge in [0.15, 0.2) is 10.9 Å². The molecule has 3 rings (SSSR count). The van der Waals surface area contributed by atoms with Crippen LogP contribution in [-0.2, 0) is 14.4 Å². The average molecular weight is 480 g/mol. The van der Waals surface area contributed by atoms with E-state index >= 15 is 0 Å². The minimum atomic E-state index is -1.45. The molecule has 160 valence electrons. The Morgan fingerprint density at radius 2 is 1.81 bits per heavy atom. The zero-order valence-electron chi connectivity index (χ0n) is 15.8. The van der Waals surface area contributed by atoms with E-state index in [9.17, 15) is 19.5 Å². The lowest BCUT2D eigenvalue weighted by atomic mass is 10.1. The predicted molar refractivity (Wildman–Crippen MR) is 116 cm³/mol. The van der Waals surface area contributed by atoms with Crippen LogP contribution in [0.1, 0.15) is 5.56 Å². The molecule has 1 heterocycles. The lowest BCUT2D eigenvalue weighted by Crippen LogP contribution is -2.54. The van der Waals surface area contributed by atoms with Gasteiger partial charge in [-0.3, -0.25) is 19.8 Å². The molecule has 2 amide bonds. The molecule has 2 aromatic carbocycles. The maximum atomic E-state index is 13.0. The first kappa shape index (κ1) is 22.5. The number of rotatable bonds is 6. The van der Waals surface area contributed by atoms with Crippen LogP contribution in [0, 0.1) is 0 Å². The SMILES string of the molecule is COc1ccc(N2C(=O)/C(=C\c3cc(Cl)c(OCC(=O)[O-])c(Cl)c3)C(=O)NC2=S)cc1. The first-order valence-electron chi connectivity index (χ1n) is 8.58. The number of carboxylic acids is 1. The zero-order chi connectivity index (χ0) is 22.7. The van der Waals surface area contributed by atoms with Crippen molar-refractivity contribution in [3.05, 3.63) is 57.6 Å². The van der Waals surface area contributed by atoms with Crippen LogP contribution in [0.5, 0.6) is 11.5 Å². The van der Waals surface area contributed by atoms with Gasteiger partial charge in [0.2, 0.25) is 0 Å². The highest BCUT2D eigenvalue weighted by molar-refractivity contribution is 7.80. The Morgan fingerprint density at radius 3 is 2.35 bits per heavy atom. The van der Waals surface area contributed by atoms with Gasteiger partial charge in [-0.05, 0) is 60.3 Å². The van der Waals surface area contributed by atoms with E-state index in [0.29, 0.717) is 17.0 Å². The molecule has 11 heteroatoms. The van der Waals surface area contributed by atoms with Gasteiger partial charge in [-0.25, -0.2) is 0 Å². The van der Waals surface area contributed by atoms with Crippen molar-refractivity contribution < 1.29 is 29.0 Å². The van der Waals surface area contributed by atoms with Crippen molar-refractivity contribution >= 4 is 70.1 Å². The predicted octanol–water partition coefficient (Wildman–Crippen LogP) is 1.96. The van der Waals surface area contributed by atoms with E-state index in [4.69, 9.17) is 44.9 Å². The van der Waals surface area contributed by atoms with Crippen LogP contribution >= 0.6 is 35.4 Å². The molecular formula is C20H13Cl2N2O6S-. The van der Waals surface area contributed by atoms with Crippen molar-refractivity contribution in [1.29, 1.82) is 0 Å². The number of benzene rings is 2. The number of halogens is 2. The zero-order valence-corrected chi connectivity index (χ0v) is 18.1. The van der Waals surface area contributed by atoms with Gasteiger partial charge < -0.3 is 19.4 Å². The van der Waals surface area contributed by atoms with Crippen LogP contribution in [0.2, 0.25) is 10.0 Å². The lowest BCUT2D eigenvalue weighted by molar-refractivity contribution is -0.307. The minimum absolute atomic E-state index is 0.00759. The minimum Gasteiger partial charge on any atom is -0.546 e. The van der Waals surface area contributed by atoms with Crippen molar-refractivity contribution in [2.75, 3.05) is 18.6 Å². The van der Waals surface area contributed by atoms with Crippen LogP contribution < -0.4 is 24.8 Å². The van der Waals surface area contributed by atoms with E-state index in [1.807, 2.05) is 0 Å². The summed E-state index contributed by atoms with van der Waals surface area (Å²) in [6.07, 6.45) is 1.29. The monoisotopic (exact) mass is 479 g/mol. The normalized spacial score (nSPS) is 15.1. The van der Waals surface area contributed by atoms with Gasteiger partial charge in [0.1, 0.15) is 17.9 Å². The summed E-state index contributed by atoms with van der Waals surface area (Å²) in [5.41, 5.74) is 0.542. The molecule has 1 fully saturated rings. The number of anilines is 1. The summed E-state index contributed by atoms with van der Waals surface area (Å²) in [6.45, 7) is -0.741. The van der Waals surface area contributed by atoms with Gasteiger partial charge >= 0.3 is 0 Å². The van der Waals surface area contributed by atoms with E-state index < -0.39 is 24.4 Å². The lowest BCUT2D eigenvalue weighted by Gasteiger charge is -2.29. The number of amides is 2. The molecule has 0 aromatic heterocycles. The fourth-order valence-corrected chi connectivity index (χ4v) is 3.62. The van der Waals surface area contributed by atoms with Gasteiger partial charge in [-0.15, -0.1) is 0 Å². The number of carboxylic acid groups (broad SMARTS) is 1. The van der Waals surface area contributed by atoms with Crippen LogP contribution in [-0.4, -0.2) is 36.6 Å². The number of carbonyl (C=O) groups excluding carboxylic acids is 3. The molecule has 1 N–H and O–H groups in total. The number of ether oxygens (including phenoxy) is 2. The molecule has 1 aliphatic heterocycles. The second-order valence-corrected chi connectivity index (χ2v) is 7.33. The molecule has 0 saturated carbocycles. The third-order valence-electron chi connectivity index (χ3n) is 4.10. The van der Waals surface area contributed by atoms with Gasteiger partial charge in [0.25, 0.3) is 11.8 Å². The number of aliphatic carboxylic acids is 1. The Kier molecular flexibility index (Phi) is 6.79. The molecule has 0 aliphatic carbocycles. The summed E-state index contributed by atoms with van der Waals surface area (Å²) >= 11 is 17.4. The summed E-state index contributed by atoms with van der Waals surface area (Å²) in [4.78, 5) is 37.2. The van der Waals surface area contributed by atoms with Crippen molar-refractivity contribution in [3.63, 3.8) is 0 Å². The Balaban J connectivity index is 1.95. The van der Waals surface area contributed by atoms with Gasteiger partial charge in [0, 0.05) is 0 Å².